The molecule has 0 amide bonds. The molecule has 0 aliphatic carbocycles. The molecule has 0 bridgehead atoms. The van der Waals surface area contributed by atoms with Gasteiger partial charge in [0.1, 0.15) is 0 Å². The smallest absolute Gasteiger partial charge is 0.331 e. The molecule has 1 aromatic carbocycles. The molecule has 1 atom stereocenters. The van der Waals surface area contributed by atoms with Crippen LogP contribution in [-0.4, -0.2) is 20.3 Å². The van der Waals surface area contributed by atoms with E-state index in [1.165, 1.54) is 4.57 Å². The Morgan fingerprint density at radius 1 is 1.33 bits per heavy atom. The standard InChI is InChI=1S/C13H16N2O3/c1-8-4-5-11-10(6-8)12(17)15(7-9(2)16)13(18)14(11)3/h4-6,9,16H,7H2,1-3H3. The molecule has 1 N–H and O–H groups in total. The summed E-state index contributed by atoms with van der Waals surface area (Å²) >= 11 is 0. The highest BCUT2D eigenvalue weighted by molar-refractivity contribution is 5.78. The maximum Gasteiger partial charge on any atom is 0.331 e. The normalized spacial score (nSPS) is 12.9. The average molecular weight is 248 g/mol. The fourth-order valence-electron chi connectivity index (χ4n) is 2.06. The SMILES string of the molecule is Cc1ccc2c(c1)c(=O)n(CC(C)O)c(=O)n2C. The van der Waals surface area contributed by atoms with Crippen molar-refractivity contribution >= 4 is 10.9 Å². The molecule has 5 nitrogen and oxygen atoms in total. The third-order valence-electron chi connectivity index (χ3n) is 2.95. The number of aryl methyl sites for hydroxylation is 2. The summed E-state index contributed by atoms with van der Waals surface area (Å²) in [7, 11) is 1.62. The van der Waals surface area contributed by atoms with Crippen LogP contribution in [0.15, 0.2) is 27.8 Å². The minimum absolute atomic E-state index is 0.00931. The van der Waals surface area contributed by atoms with Crippen molar-refractivity contribution in [3.05, 3.63) is 44.6 Å². The summed E-state index contributed by atoms with van der Waals surface area (Å²) in [5, 5.41) is 9.86. The van der Waals surface area contributed by atoms with Crippen molar-refractivity contribution in [3.8, 4) is 0 Å². The summed E-state index contributed by atoms with van der Waals surface area (Å²) in [5.41, 5.74) is 0.814. The lowest BCUT2D eigenvalue weighted by Crippen LogP contribution is -2.41. The second kappa shape index (κ2) is 4.42. The van der Waals surface area contributed by atoms with Crippen molar-refractivity contribution in [2.24, 2.45) is 7.05 Å². The largest absolute Gasteiger partial charge is 0.392 e. The van der Waals surface area contributed by atoms with E-state index in [4.69, 9.17) is 0 Å². The van der Waals surface area contributed by atoms with Gasteiger partial charge in [-0.05, 0) is 26.0 Å². The number of aliphatic hydroxyl groups is 1. The van der Waals surface area contributed by atoms with Crippen molar-refractivity contribution in [1.29, 1.82) is 0 Å². The van der Waals surface area contributed by atoms with Gasteiger partial charge in [-0.25, -0.2) is 4.79 Å². The van der Waals surface area contributed by atoms with E-state index in [0.29, 0.717) is 10.9 Å². The lowest BCUT2D eigenvalue weighted by atomic mass is 10.1. The zero-order chi connectivity index (χ0) is 13.4. The Hall–Kier alpha value is -1.88. The number of fused-ring (bicyclic) bond motifs is 1. The highest BCUT2D eigenvalue weighted by atomic mass is 16.3. The Labute approximate surface area is 104 Å². The van der Waals surface area contributed by atoms with E-state index >= 15 is 0 Å². The Morgan fingerprint density at radius 3 is 2.61 bits per heavy atom. The van der Waals surface area contributed by atoms with E-state index in [1.807, 2.05) is 13.0 Å². The second-order valence-corrected chi connectivity index (χ2v) is 4.63. The van der Waals surface area contributed by atoms with Gasteiger partial charge in [0.15, 0.2) is 0 Å². The molecule has 0 spiro atoms. The zero-order valence-corrected chi connectivity index (χ0v) is 10.7. The number of hydrogen-bond donors (Lipinski definition) is 1. The molecule has 0 saturated heterocycles. The van der Waals surface area contributed by atoms with Crippen molar-refractivity contribution in [3.63, 3.8) is 0 Å². The van der Waals surface area contributed by atoms with Gasteiger partial charge in [0.25, 0.3) is 5.56 Å². The summed E-state index contributed by atoms with van der Waals surface area (Å²) in [5.74, 6) is 0. The van der Waals surface area contributed by atoms with E-state index in [-0.39, 0.29) is 12.1 Å². The predicted molar refractivity (Wildman–Crippen MR) is 69.9 cm³/mol. The summed E-state index contributed by atoms with van der Waals surface area (Å²) in [4.78, 5) is 24.3. The summed E-state index contributed by atoms with van der Waals surface area (Å²) < 4.78 is 2.50. The van der Waals surface area contributed by atoms with Gasteiger partial charge in [0.2, 0.25) is 0 Å². The molecular weight excluding hydrogens is 232 g/mol. The molecule has 18 heavy (non-hydrogen) atoms. The number of aromatic nitrogens is 2. The lowest BCUT2D eigenvalue weighted by molar-refractivity contribution is 0.170. The van der Waals surface area contributed by atoms with Crippen molar-refractivity contribution in [2.75, 3.05) is 0 Å². The number of aliphatic hydroxyl groups excluding tert-OH is 1. The van der Waals surface area contributed by atoms with Crippen LogP contribution in [0, 0.1) is 6.92 Å². The topological polar surface area (TPSA) is 64.2 Å². The molecule has 1 unspecified atom stereocenters. The Balaban J connectivity index is 2.89. The first kappa shape index (κ1) is 12.6. The highest BCUT2D eigenvalue weighted by Crippen LogP contribution is 2.09. The van der Waals surface area contributed by atoms with Gasteiger partial charge < -0.3 is 5.11 Å². The minimum atomic E-state index is -0.738. The second-order valence-electron chi connectivity index (χ2n) is 4.63. The van der Waals surface area contributed by atoms with Crippen LogP contribution in [-0.2, 0) is 13.6 Å². The maximum absolute atomic E-state index is 12.2. The fourth-order valence-corrected chi connectivity index (χ4v) is 2.06. The van der Waals surface area contributed by atoms with Crippen LogP contribution in [0.3, 0.4) is 0 Å². The predicted octanol–water partition coefficient (Wildman–Crippen LogP) is 0.389. The van der Waals surface area contributed by atoms with E-state index < -0.39 is 11.8 Å². The molecule has 1 heterocycles. The van der Waals surface area contributed by atoms with Crippen LogP contribution >= 0.6 is 0 Å². The maximum atomic E-state index is 12.2. The van der Waals surface area contributed by atoms with Crippen LogP contribution in [0.2, 0.25) is 0 Å². The first-order valence-electron chi connectivity index (χ1n) is 5.80. The molecule has 96 valence electrons. The van der Waals surface area contributed by atoms with Gasteiger partial charge >= 0.3 is 5.69 Å². The molecule has 2 aromatic rings. The molecule has 5 heteroatoms. The number of hydrogen-bond acceptors (Lipinski definition) is 3. The van der Waals surface area contributed by atoms with Crippen LogP contribution in [0.5, 0.6) is 0 Å². The number of benzene rings is 1. The van der Waals surface area contributed by atoms with Crippen molar-refractivity contribution in [2.45, 2.75) is 26.5 Å². The van der Waals surface area contributed by atoms with Crippen molar-refractivity contribution in [1.82, 2.24) is 9.13 Å². The first-order chi connectivity index (χ1) is 8.41. The Bertz CT molecular complexity index is 710. The molecule has 0 aliphatic heterocycles. The number of rotatable bonds is 2. The zero-order valence-electron chi connectivity index (χ0n) is 10.7. The van der Waals surface area contributed by atoms with Crippen LogP contribution in [0.25, 0.3) is 10.9 Å². The Kier molecular flexibility index (Phi) is 3.09. The van der Waals surface area contributed by atoms with E-state index in [1.54, 1.807) is 26.1 Å². The highest BCUT2D eigenvalue weighted by Gasteiger charge is 2.12. The lowest BCUT2D eigenvalue weighted by Gasteiger charge is -2.12. The minimum Gasteiger partial charge on any atom is -0.392 e. The molecule has 0 saturated carbocycles. The monoisotopic (exact) mass is 248 g/mol. The van der Waals surface area contributed by atoms with Crippen LogP contribution in [0.1, 0.15) is 12.5 Å². The first-order valence-corrected chi connectivity index (χ1v) is 5.80. The summed E-state index contributed by atoms with van der Waals surface area (Å²) in [6.45, 7) is 3.45. The van der Waals surface area contributed by atoms with E-state index in [0.717, 1.165) is 10.1 Å². The molecule has 1 aromatic heterocycles. The quantitative estimate of drug-likeness (QED) is 0.836. The van der Waals surface area contributed by atoms with Gasteiger partial charge in [-0.3, -0.25) is 13.9 Å². The van der Waals surface area contributed by atoms with Crippen molar-refractivity contribution < 1.29 is 5.11 Å². The molecular formula is C13H16N2O3. The van der Waals surface area contributed by atoms with Gasteiger partial charge in [0.05, 0.1) is 23.6 Å². The molecule has 2 rings (SSSR count). The van der Waals surface area contributed by atoms with E-state index in [9.17, 15) is 14.7 Å². The summed E-state index contributed by atoms with van der Waals surface area (Å²) in [6.07, 6.45) is -0.738. The van der Waals surface area contributed by atoms with Gasteiger partial charge in [-0.2, -0.15) is 0 Å². The molecule has 0 aliphatic rings. The van der Waals surface area contributed by atoms with Gasteiger partial charge in [0, 0.05) is 7.05 Å². The average Bonchev–Trinajstić information content (AvgIpc) is 2.31. The van der Waals surface area contributed by atoms with Gasteiger partial charge in [-0.15, -0.1) is 0 Å². The summed E-state index contributed by atoms with van der Waals surface area (Å²) in [6, 6.07) is 5.38. The third kappa shape index (κ3) is 1.97. The number of nitrogens with zero attached hydrogens (tertiary/aromatic N) is 2. The van der Waals surface area contributed by atoms with Crippen LogP contribution in [0.4, 0.5) is 0 Å². The molecule has 0 radical (unpaired) electrons. The van der Waals surface area contributed by atoms with Gasteiger partial charge in [-0.1, -0.05) is 11.6 Å². The van der Waals surface area contributed by atoms with E-state index in [2.05, 4.69) is 0 Å². The fraction of sp³-hybridized carbons (Fsp3) is 0.385. The van der Waals surface area contributed by atoms with Crippen LogP contribution < -0.4 is 11.2 Å². The Morgan fingerprint density at radius 2 is 2.00 bits per heavy atom. The third-order valence-corrected chi connectivity index (χ3v) is 2.95. The molecule has 0 fully saturated rings.